The largest absolute Gasteiger partial charge is 0.390 e. The highest BCUT2D eigenvalue weighted by Crippen LogP contribution is 2.66. The molecule has 0 aromatic carbocycles. The molecule has 8 atom stereocenters. The Morgan fingerprint density at radius 1 is 1.12 bits per heavy atom. The van der Waals surface area contributed by atoms with E-state index in [-0.39, 0.29) is 22.7 Å². The highest BCUT2D eigenvalue weighted by atomic mass is 32.1. The van der Waals surface area contributed by atoms with E-state index >= 15 is 0 Å². The van der Waals surface area contributed by atoms with Gasteiger partial charge in [-0.05, 0) is 80.0 Å². The lowest BCUT2D eigenvalue weighted by Gasteiger charge is -2.62. The van der Waals surface area contributed by atoms with Crippen LogP contribution in [0.5, 0.6) is 0 Å². The van der Waals surface area contributed by atoms with Crippen molar-refractivity contribution < 1.29 is 10.2 Å². The number of aliphatic hydroxyl groups excluding tert-OH is 2. The van der Waals surface area contributed by atoms with Gasteiger partial charge < -0.3 is 10.2 Å². The summed E-state index contributed by atoms with van der Waals surface area (Å²) in [7, 11) is 0. The maximum absolute atomic E-state index is 11.2. The first kappa shape index (κ1) is 17.4. The number of aromatic nitrogens is 1. The molecule has 5 rings (SSSR count). The second-order valence-corrected chi connectivity index (χ2v) is 11.3. The summed E-state index contributed by atoms with van der Waals surface area (Å²) < 4.78 is 0. The van der Waals surface area contributed by atoms with E-state index in [1.54, 1.807) is 0 Å². The fourth-order valence-corrected chi connectivity index (χ4v) is 8.60. The summed E-state index contributed by atoms with van der Waals surface area (Å²) in [5, 5.41) is 23.5. The van der Waals surface area contributed by atoms with Gasteiger partial charge in [0.2, 0.25) is 0 Å². The van der Waals surface area contributed by atoms with Crippen molar-refractivity contribution in [2.45, 2.75) is 71.5 Å². The summed E-state index contributed by atoms with van der Waals surface area (Å²) in [6, 6.07) is 0. The molecule has 0 spiro atoms. The Hall–Kier alpha value is -0.710. The second kappa shape index (κ2) is 5.42. The van der Waals surface area contributed by atoms with Crippen LogP contribution < -0.4 is 0 Å². The predicted molar refractivity (Wildman–Crippen MR) is 104 cm³/mol. The molecule has 0 unspecified atom stereocenters. The Kier molecular flexibility index (Phi) is 3.63. The van der Waals surface area contributed by atoms with Gasteiger partial charge in [0, 0.05) is 4.88 Å². The maximum atomic E-state index is 11.2. The molecule has 4 heteroatoms. The lowest BCUT2D eigenvalue weighted by molar-refractivity contribution is -0.201. The zero-order valence-corrected chi connectivity index (χ0v) is 17.0. The van der Waals surface area contributed by atoms with Crippen molar-refractivity contribution in [2.75, 3.05) is 0 Å². The number of rotatable bonds is 0. The molecule has 4 aliphatic rings. The van der Waals surface area contributed by atoms with E-state index in [4.69, 9.17) is 4.98 Å². The number of aliphatic hydroxyl groups is 2. The highest BCUT2D eigenvalue weighted by molar-refractivity contribution is 7.11. The van der Waals surface area contributed by atoms with Crippen LogP contribution in [0.1, 0.15) is 55.1 Å². The molecule has 3 saturated carbocycles. The van der Waals surface area contributed by atoms with Crippen molar-refractivity contribution in [2.24, 2.45) is 34.5 Å². The van der Waals surface area contributed by atoms with Gasteiger partial charge >= 0.3 is 0 Å². The number of fused-ring (bicyclic) bond motifs is 6. The van der Waals surface area contributed by atoms with Gasteiger partial charge in [0.1, 0.15) is 0 Å². The lowest BCUT2D eigenvalue weighted by atomic mass is 9.44. The van der Waals surface area contributed by atoms with Gasteiger partial charge in [0.25, 0.3) is 0 Å². The van der Waals surface area contributed by atoms with Gasteiger partial charge in [0.15, 0.2) is 0 Å². The van der Waals surface area contributed by atoms with Crippen LogP contribution in [-0.4, -0.2) is 27.4 Å². The molecule has 3 nitrogen and oxygen atoms in total. The van der Waals surface area contributed by atoms with Crippen LogP contribution in [0.2, 0.25) is 0 Å². The van der Waals surface area contributed by atoms with E-state index < -0.39 is 12.2 Å². The molecule has 4 aliphatic carbocycles. The third-order valence-corrected chi connectivity index (χ3v) is 9.99. The van der Waals surface area contributed by atoms with E-state index in [2.05, 4.69) is 27.4 Å². The molecule has 0 radical (unpaired) electrons. The van der Waals surface area contributed by atoms with Gasteiger partial charge in [-0.15, -0.1) is 11.3 Å². The standard InChI is InChI=1S/C22H31NO2S/c1-11-5-6-13-18-14(7-8-21(11,13)3)22(4)10-17-16(23-12(2)26-17)9-15(22)19(24)20(18)25/h13-15,18-20,24-25H,1,5-10H2,2-4H3/t13-,14-,15-,18-,19+,20+,21+,22+/m0/s1. The fourth-order valence-electron chi connectivity index (χ4n) is 7.46. The molecular weight excluding hydrogens is 342 g/mol. The molecule has 26 heavy (non-hydrogen) atoms. The quantitative estimate of drug-likeness (QED) is 0.678. The van der Waals surface area contributed by atoms with E-state index in [1.165, 1.54) is 22.6 Å². The molecule has 2 N–H and O–H groups in total. The van der Waals surface area contributed by atoms with Gasteiger partial charge in [-0.25, -0.2) is 4.98 Å². The van der Waals surface area contributed by atoms with Crippen LogP contribution in [0.3, 0.4) is 0 Å². The molecule has 1 aromatic heterocycles. The molecule has 0 bridgehead atoms. The van der Waals surface area contributed by atoms with E-state index in [0.717, 1.165) is 37.1 Å². The minimum Gasteiger partial charge on any atom is -0.390 e. The zero-order chi connectivity index (χ0) is 18.4. The van der Waals surface area contributed by atoms with Crippen molar-refractivity contribution >= 4 is 11.3 Å². The van der Waals surface area contributed by atoms with Crippen LogP contribution in [0, 0.1) is 41.4 Å². The van der Waals surface area contributed by atoms with Crippen LogP contribution in [0.15, 0.2) is 12.2 Å². The SMILES string of the molecule is C=C1CC[C@H]2[C@@H]3[C@@H](O)[C@H](O)[C@@H]4Cc5nc(C)sc5C[C@]4(C)[C@H]3CC[C@]12C. The number of thiazole rings is 1. The average molecular weight is 374 g/mol. The Labute approximate surface area is 160 Å². The van der Waals surface area contributed by atoms with Crippen molar-refractivity contribution in [3.8, 4) is 0 Å². The topological polar surface area (TPSA) is 53.4 Å². The normalized spacial score (nSPS) is 50.0. The first-order valence-corrected chi connectivity index (χ1v) is 11.1. The number of hydrogen-bond acceptors (Lipinski definition) is 4. The summed E-state index contributed by atoms with van der Waals surface area (Å²) in [5.41, 5.74) is 2.78. The highest BCUT2D eigenvalue weighted by Gasteiger charge is 2.64. The Balaban J connectivity index is 1.58. The average Bonchev–Trinajstić information content (AvgIpc) is 3.09. The number of hydrogen-bond donors (Lipinski definition) is 2. The Morgan fingerprint density at radius 3 is 2.65 bits per heavy atom. The predicted octanol–water partition coefficient (Wildman–Crippen LogP) is 3.91. The molecular formula is C22H31NO2S. The van der Waals surface area contributed by atoms with Crippen LogP contribution >= 0.6 is 11.3 Å². The van der Waals surface area contributed by atoms with Crippen molar-refractivity contribution in [3.05, 3.63) is 27.7 Å². The van der Waals surface area contributed by atoms with E-state index in [1.807, 2.05) is 11.3 Å². The number of nitrogens with zero attached hydrogens (tertiary/aromatic N) is 1. The smallest absolute Gasteiger partial charge is 0.0900 e. The van der Waals surface area contributed by atoms with Crippen LogP contribution in [-0.2, 0) is 12.8 Å². The number of aryl methyl sites for hydroxylation is 1. The third kappa shape index (κ3) is 2.04. The zero-order valence-electron chi connectivity index (χ0n) is 16.2. The van der Waals surface area contributed by atoms with Crippen LogP contribution in [0.4, 0.5) is 0 Å². The fraction of sp³-hybridized carbons (Fsp3) is 0.773. The van der Waals surface area contributed by atoms with Gasteiger partial charge in [-0.1, -0.05) is 26.0 Å². The molecule has 3 fully saturated rings. The van der Waals surface area contributed by atoms with E-state index in [9.17, 15) is 10.2 Å². The maximum Gasteiger partial charge on any atom is 0.0900 e. The second-order valence-electron chi connectivity index (χ2n) is 9.97. The minimum atomic E-state index is -0.632. The van der Waals surface area contributed by atoms with Crippen molar-refractivity contribution in [1.29, 1.82) is 0 Å². The van der Waals surface area contributed by atoms with Gasteiger partial charge in [-0.2, -0.15) is 0 Å². The lowest BCUT2D eigenvalue weighted by Crippen LogP contribution is -2.64. The minimum absolute atomic E-state index is 0.0700. The molecule has 142 valence electrons. The Bertz CT molecular complexity index is 772. The van der Waals surface area contributed by atoms with Gasteiger partial charge in [-0.3, -0.25) is 0 Å². The monoisotopic (exact) mass is 373 g/mol. The summed E-state index contributed by atoms with van der Waals surface area (Å²) in [6.45, 7) is 11.2. The summed E-state index contributed by atoms with van der Waals surface area (Å²) in [6.07, 6.45) is 5.18. The van der Waals surface area contributed by atoms with Crippen LogP contribution in [0.25, 0.3) is 0 Å². The molecule has 1 aromatic rings. The summed E-state index contributed by atoms with van der Waals surface area (Å²) >= 11 is 1.84. The first-order chi connectivity index (χ1) is 12.3. The van der Waals surface area contributed by atoms with E-state index in [0.29, 0.717) is 11.8 Å². The van der Waals surface area contributed by atoms with Crippen molar-refractivity contribution in [3.63, 3.8) is 0 Å². The summed E-state index contributed by atoms with van der Waals surface area (Å²) in [4.78, 5) is 6.15. The molecule has 0 amide bonds. The number of allylic oxidation sites excluding steroid dienone is 1. The molecule has 0 aliphatic heterocycles. The third-order valence-electron chi connectivity index (χ3n) is 8.98. The van der Waals surface area contributed by atoms with Gasteiger partial charge in [0.05, 0.1) is 22.9 Å². The molecule has 0 saturated heterocycles. The first-order valence-electron chi connectivity index (χ1n) is 10.3. The summed E-state index contributed by atoms with van der Waals surface area (Å²) in [5.74, 6) is 1.30. The van der Waals surface area contributed by atoms with Crippen molar-refractivity contribution in [1.82, 2.24) is 4.98 Å². The molecule has 1 heterocycles. The Morgan fingerprint density at radius 2 is 1.88 bits per heavy atom.